The molecule has 1 N–H and O–H groups in total. The van der Waals surface area contributed by atoms with Gasteiger partial charge in [0.15, 0.2) is 5.82 Å². The third-order valence-electron chi connectivity index (χ3n) is 5.34. The molecule has 0 aromatic carbocycles. The van der Waals surface area contributed by atoms with Crippen LogP contribution < -0.4 is 10.2 Å². The van der Waals surface area contributed by atoms with Crippen molar-refractivity contribution in [3.8, 4) is 0 Å². The molecule has 1 saturated carbocycles. The number of nitrogens with zero attached hydrogens (tertiary/aromatic N) is 5. The minimum Gasteiger partial charge on any atom is -0.368 e. The van der Waals surface area contributed by atoms with Crippen molar-refractivity contribution in [2.45, 2.75) is 38.0 Å². The molecule has 0 amide bonds. The van der Waals surface area contributed by atoms with Gasteiger partial charge in [-0.15, -0.1) is 5.10 Å². The molecular formula is C18H22N6. The predicted octanol–water partition coefficient (Wildman–Crippen LogP) is 2.18. The van der Waals surface area contributed by atoms with Crippen LogP contribution in [-0.2, 0) is 12.8 Å². The van der Waals surface area contributed by atoms with Gasteiger partial charge in [0.25, 0.3) is 0 Å². The summed E-state index contributed by atoms with van der Waals surface area (Å²) in [6.07, 6.45) is 9.56. The quantitative estimate of drug-likeness (QED) is 0.910. The van der Waals surface area contributed by atoms with Gasteiger partial charge in [0, 0.05) is 43.9 Å². The maximum absolute atomic E-state index is 4.50. The van der Waals surface area contributed by atoms with Gasteiger partial charge in [-0.25, -0.2) is 4.98 Å². The molecule has 6 nitrogen and oxygen atoms in total. The minimum absolute atomic E-state index is 0.626. The zero-order chi connectivity index (χ0) is 15.9. The van der Waals surface area contributed by atoms with Crippen LogP contribution in [0.25, 0.3) is 0 Å². The van der Waals surface area contributed by atoms with Crippen molar-refractivity contribution in [1.82, 2.24) is 20.2 Å². The number of hydrogen-bond donors (Lipinski definition) is 1. The van der Waals surface area contributed by atoms with Gasteiger partial charge in [-0.2, -0.15) is 5.10 Å². The number of fused-ring (bicyclic) bond motifs is 1. The lowest BCUT2D eigenvalue weighted by molar-refractivity contribution is 0.424. The Morgan fingerprint density at radius 1 is 1.08 bits per heavy atom. The van der Waals surface area contributed by atoms with Crippen LogP contribution in [0.15, 0.2) is 18.5 Å². The van der Waals surface area contributed by atoms with Gasteiger partial charge in [0.1, 0.15) is 5.82 Å². The molecule has 0 atom stereocenters. The summed E-state index contributed by atoms with van der Waals surface area (Å²) in [7, 11) is 0. The van der Waals surface area contributed by atoms with Crippen LogP contribution in [0.5, 0.6) is 0 Å². The molecule has 5 rings (SSSR count). The van der Waals surface area contributed by atoms with Gasteiger partial charge < -0.3 is 10.2 Å². The molecule has 6 heteroatoms. The molecule has 0 bridgehead atoms. The summed E-state index contributed by atoms with van der Waals surface area (Å²) in [6, 6.07) is 2.24. The van der Waals surface area contributed by atoms with Crippen LogP contribution in [0, 0.1) is 5.92 Å². The lowest BCUT2D eigenvalue weighted by Gasteiger charge is -2.40. The zero-order valence-electron chi connectivity index (χ0n) is 13.8. The van der Waals surface area contributed by atoms with Crippen molar-refractivity contribution in [3.63, 3.8) is 0 Å². The smallest absolute Gasteiger partial charge is 0.151 e. The molecule has 2 aromatic heterocycles. The van der Waals surface area contributed by atoms with Gasteiger partial charge in [0.2, 0.25) is 0 Å². The van der Waals surface area contributed by atoms with E-state index < -0.39 is 0 Å². The van der Waals surface area contributed by atoms with Gasteiger partial charge in [-0.05, 0) is 43.7 Å². The maximum Gasteiger partial charge on any atom is 0.151 e. The third kappa shape index (κ3) is 2.60. The summed E-state index contributed by atoms with van der Waals surface area (Å²) in [5, 5.41) is 12.3. The highest BCUT2D eigenvalue weighted by Gasteiger charge is 2.31. The monoisotopic (exact) mass is 322 g/mol. The Bertz CT molecular complexity index is 751. The highest BCUT2D eigenvalue weighted by Crippen LogP contribution is 2.41. The Kier molecular flexibility index (Phi) is 3.35. The van der Waals surface area contributed by atoms with Crippen molar-refractivity contribution in [2.75, 3.05) is 29.9 Å². The predicted molar refractivity (Wildman–Crippen MR) is 92.3 cm³/mol. The first-order valence-electron chi connectivity index (χ1n) is 9.02. The number of anilines is 2. The van der Waals surface area contributed by atoms with E-state index in [0.717, 1.165) is 49.8 Å². The van der Waals surface area contributed by atoms with Crippen LogP contribution in [-0.4, -0.2) is 39.8 Å². The number of aryl methyl sites for hydroxylation is 2. The summed E-state index contributed by atoms with van der Waals surface area (Å²) < 4.78 is 0. The van der Waals surface area contributed by atoms with E-state index in [4.69, 9.17) is 0 Å². The third-order valence-corrected chi connectivity index (χ3v) is 5.34. The summed E-state index contributed by atoms with van der Waals surface area (Å²) in [4.78, 5) is 11.3. The van der Waals surface area contributed by atoms with Crippen molar-refractivity contribution in [2.24, 2.45) is 5.92 Å². The van der Waals surface area contributed by atoms with Crippen LogP contribution >= 0.6 is 0 Å². The number of aromatic nitrogens is 4. The molecule has 2 aliphatic carbocycles. The Morgan fingerprint density at radius 2 is 1.96 bits per heavy atom. The fraction of sp³-hybridized carbons (Fsp3) is 0.556. The van der Waals surface area contributed by atoms with Gasteiger partial charge >= 0.3 is 0 Å². The van der Waals surface area contributed by atoms with E-state index in [-0.39, 0.29) is 0 Å². The second kappa shape index (κ2) is 5.69. The molecule has 2 fully saturated rings. The molecule has 0 radical (unpaired) electrons. The average Bonchev–Trinajstić information content (AvgIpc) is 3.31. The van der Waals surface area contributed by atoms with Gasteiger partial charge in [-0.1, -0.05) is 0 Å². The van der Waals surface area contributed by atoms with E-state index in [9.17, 15) is 0 Å². The Balaban J connectivity index is 1.17. The number of hydrogen-bond acceptors (Lipinski definition) is 6. The topological polar surface area (TPSA) is 66.8 Å². The van der Waals surface area contributed by atoms with Crippen molar-refractivity contribution < 1.29 is 0 Å². The van der Waals surface area contributed by atoms with E-state index in [0.29, 0.717) is 11.8 Å². The molecule has 3 heterocycles. The molecule has 1 saturated heterocycles. The fourth-order valence-corrected chi connectivity index (χ4v) is 3.74. The fourth-order valence-electron chi connectivity index (χ4n) is 3.74. The summed E-state index contributed by atoms with van der Waals surface area (Å²) >= 11 is 0. The highest BCUT2D eigenvalue weighted by molar-refractivity contribution is 5.47. The first-order chi connectivity index (χ1) is 11.9. The molecule has 1 aliphatic heterocycles. The van der Waals surface area contributed by atoms with Crippen molar-refractivity contribution >= 4 is 11.6 Å². The lowest BCUT2D eigenvalue weighted by atomic mass is 10.00. The van der Waals surface area contributed by atoms with E-state index >= 15 is 0 Å². The Hall–Kier alpha value is -2.24. The Labute approximate surface area is 141 Å². The minimum atomic E-state index is 0.626. The first kappa shape index (κ1) is 14.1. The van der Waals surface area contributed by atoms with Gasteiger partial charge in [-0.3, -0.25) is 4.98 Å². The molecule has 3 aliphatic rings. The van der Waals surface area contributed by atoms with E-state index in [2.05, 4.69) is 36.4 Å². The van der Waals surface area contributed by atoms with Crippen LogP contribution in [0.1, 0.15) is 42.1 Å². The standard InChI is InChI=1S/C18H22N6/c1-2-14-8-16(23-22-15(14)3-1)24-10-12(11-24)9-21-18-17(13-4-5-13)19-6-7-20-18/h6-8,12-13H,1-5,9-11H2,(H,20,21). The van der Waals surface area contributed by atoms with Crippen LogP contribution in [0.2, 0.25) is 0 Å². The molecular weight excluding hydrogens is 300 g/mol. The number of rotatable bonds is 5. The molecule has 124 valence electrons. The normalized spacial score (nSPS) is 19.9. The second-order valence-corrected chi connectivity index (χ2v) is 7.24. The molecule has 0 spiro atoms. The highest BCUT2D eigenvalue weighted by atomic mass is 15.3. The average molecular weight is 322 g/mol. The van der Waals surface area contributed by atoms with Crippen molar-refractivity contribution in [1.29, 1.82) is 0 Å². The summed E-state index contributed by atoms with van der Waals surface area (Å²) in [6.45, 7) is 3.03. The van der Waals surface area contributed by atoms with Crippen LogP contribution in [0.4, 0.5) is 11.6 Å². The first-order valence-corrected chi connectivity index (χ1v) is 9.02. The van der Waals surface area contributed by atoms with E-state index in [1.165, 1.54) is 30.5 Å². The molecule has 24 heavy (non-hydrogen) atoms. The van der Waals surface area contributed by atoms with Gasteiger partial charge in [0.05, 0.1) is 11.4 Å². The number of nitrogens with one attached hydrogen (secondary N) is 1. The summed E-state index contributed by atoms with van der Waals surface area (Å²) in [5.74, 6) is 3.29. The SMILES string of the molecule is c1cnc(C2CC2)c(NCC2CN(c3cc4c(nn3)CCC4)C2)n1. The molecule has 0 unspecified atom stereocenters. The molecule has 2 aromatic rings. The van der Waals surface area contributed by atoms with Crippen LogP contribution in [0.3, 0.4) is 0 Å². The largest absolute Gasteiger partial charge is 0.368 e. The second-order valence-electron chi connectivity index (χ2n) is 7.24. The van der Waals surface area contributed by atoms with E-state index in [1.54, 1.807) is 12.4 Å². The lowest BCUT2D eigenvalue weighted by Crippen LogP contribution is -2.50. The Morgan fingerprint density at radius 3 is 2.83 bits per heavy atom. The maximum atomic E-state index is 4.50. The van der Waals surface area contributed by atoms with E-state index in [1.807, 2.05) is 0 Å². The van der Waals surface area contributed by atoms with Crippen molar-refractivity contribution in [3.05, 3.63) is 35.4 Å². The zero-order valence-corrected chi connectivity index (χ0v) is 13.8. The summed E-state index contributed by atoms with van der Waals surface area (Å²) in [5.41, 5.74) is 3.75.